The van der Waals surface area contributed by atoms with E-state index < -0.39 is 0 Å². The van der Waals surface area contributed by atoms with Crippen molar-refractivity contribution in [2.24, 2.45) is 0 Å². The van der Waals surface area contributed by atoms with Crippen molar-refractivity contribution in [1.82, 2.24) is 4.98 Å². The van der Waals surface area contributed by atoms with Gasteiger partial charge < -0.3 is 9.84 Å². The number of ether oxygens (including phenoxy) is 1. The molecule has 0 spiro atoms. The lowest BCUT2D eigenvalue weighted by molar-refractivity contribution is 0.282. The third-order valence-electron chi connectivity index (χ3n) is 5.65. The largest absolute Gasteiger partial charge is 0.487 e. The molecule has 2 aromatic carbocycles. The second-order valence-corrected chi connectivity index (χ2v) is 8.58. The third kappa shape index (κ3) is 7.83. The summed E-state index contributed by atoms with van der Waals surface area (Å²) in [7, 11) is 0. The van der Waals surface area contributed by atoms with Gasteiger partial charge >= 0.3 is 0 Å². The van der Waals surface area contributed by atoms with E-state index in [9.17, 15) is 0 Å². The summed E-state index contributed by atoms with van der Waals surface area (Å²) in [5.74, 6) is 0.784. The number of aliphatic hydroxyl groups is 1. The van der Waals surface area contributed by atoms with Crippen LogP contribution in [0.5, 0.6) is 5.75 Å². The molecule has 3 aromatic rings. The zero-order valence-electron chi connectivity index (χ0n) is 18.4. The molecular weight excluding hydrogens is 406 g/mol. The van der Waals surface area contributed by atoms with E-state index in [4.69, 9.17) is 26.4 Å². The number of aromatic nitrogens is 1. The van der Waals surface area contributed by atoms with Crippen LogP contribution in [0.2, 0.25) is 5.02 Å². The quantitative estimate of drug-likeness (QED) is 0.264. The number of fused-ring (bicyclic) bond motifs is 1. The second kappa shape index (κ2) is 13.3. The summed E-state index contributed by atoms with van der Waals surface area (Å²) in [6.07, 6.45) is 11.9. The molecule has 3 nitrogen and oxygen atoms in total. The van der Waals surface area contributed by atoms with Gasteiger partial charge in [-0.25, -0.2) is 4.98 Å². The number of rotatable bonds is 14. The fourth-order valence-corrected chi connectivity index (χ4v) is 4.06. The maximum absolute atomic E-state index is 8.80. The van der Waals surface area contributed by atoms with Gasteiger partial charge in [0.05, 0.1) is 5.02 Å². The third-order valence-corrected chi connectivity index (χ3v) is 5.98. The predicted molar refractivity (Wildman–Crippen MR) is 130 cm³/mol. The summed E-state index contributed by atoms with van der Waals surface area (Å²) < 4.78 is 6.09. The average molecular weight is 440 g/mol. The number of hydrogen-bond donors (Lipinski definition) is 1. The molecule has 0 fully saturated rings. The highest BCUT2D eigenvalue weighted by Gasteiger charge is 2.09. The molecule has 1 N–H and O–H groups in total. The minimum atomic E-state index is 0.329. The molecule has 0 amide bonds. The molecule has 0 radical (unpaired) electrons. The minimum Gasteiger partial charge on any atom is -0.487 e. The Balaban J connectivity index is 1.49. The van der Waals surface area contributed by atoms with Gasteiger partial charge in [0, 0.05) is 17.7 Å². The lowest BCUT2D eigenvalue weighted by Crippen LogP contribution is -1.98. The van der Waals surface area contributed by atoms with Crippen LogP contribution in [0, 0.1) is 0 Å². The highest BCUT2D eigenvalue weighted by atomic mass is 35.5. The fraction of sp³-hybridized carbons (Fsp3) is 0.444. The molecule has 166 valence electrons. The van der Waals surface area contributed by atoms with Gasteiger partial charge in [-0.2, -0.15) is 0 Å². The Bertz CT molecular complexity index is 914. The van der Waals surface area contributed by atoms with Gasteiger partial charge in [0.1, 0.15) is 17.9 Å². The summed E-state index contributed by atoms with van der Waals surface area (Å²) >= 11 is 6.41. The first-order valence-corrected chi connectivity index (χ1v) is 12.0. The zero-order valence-corrected chi connectivity index (χ0v) is 19.1. The van der Waals surface area contributed by atoms with E-state index in [1.54, 1.807) is 0 Å². The van der Waals surface area contributed by atoms with Crippen molar-refractivity contribution >= 4 is 22.5 Å². The van der Waals surface area contributed by atoms with Crippen molar-refractivity contribution < 1.29 is 9.84 Å². The minimum absolute atomic E-state index is 0.329. The monoisotopic (exact) mass is 439 g/mol. The Morgan fingerprint density at radius 2 is 1.42 bits per heavy atom. The summed E-state index contributed by atoms with van der Waals surface area (Å²) in [5.41, 5.74) is 3.09. The number of benzene rings is 2. The van der Waals surface area contributed by atoms with Crippen molar-refractivity contribution in [2.75, 3.05) is 6.61 Å². The first-order valence-electron chi connectivity index (χ1n) is 11.6. The SMILES string of the molecule is OCCCCCCCCCCCc1ccc2c(Cl)ccc(OCc3ccccc3)c2n1. The van der Waals surface area contributed by atoms with Gasteiger partial charge in [0.15, 0.2) is 0 Å². The molecule has 1 heterocycles. The molecule has 0 aliphatic rings. The molecule has 3 rings (SSSR count). The summed E-state index contributed by atoms with van der Waals surface area (Å²) in [5, 5.41) is 10.5. The van der Waals surface area contributed by atoms with Crippen molar-refractivity contribution in [3.8, 4) is 5.75 Å². The lowest BCUT2D eigenvalue weighted by atomic mass is 10.1. The molecule has 0 aliphatic carbocycles. The van der Waals surface area contributed by atoms with Crippen LogP contribution in [0.1, 0.15) is 69.0 Å². The van der Waals surface area contributed by atoms with Gasteiger partial charge in [0.2, 0.25) is 0 Å². The Morgan fingerprint density at radius 1 is 0.742 bits per heavy atom. The van der Waals surface area contributed by atoms with Crippen molar-refractivity contribution in [3.05, 3.63) is 70.9 Å². The summed E-state index contributed by atoms with van der Waals surface area (Å²) in [6, 6.07) is 18.1. The van der Waals surface area contributed by atoms with Crippen molar-refractivity contribution in [2.45, 2.75) is 70.8 Å². The van der Waals surface area contributed by atoms with Crippen LogP contribution in [-0.2, 0) is 13.0 Å². The van der Waals surface area contributed by atoms with E-state index in [0.29, 0.717) is 18.2 Å². The van der Waals surface area contributed by atoms with E-state index in [1.165, 1.54) is 38.5 Å². The van der Waals surface area contributed by atoms with E-state index >= 15 is 0 Å². The second-order valence-electron chi connectivity index (χ2n) is 8.17. The zero-order chi connectivity index (χ0) is 21.7. The Labute approximate surface area is 191 Å². The number of halogens is 1. The Kier molecular flexibility index (Phi) is 10.1. The van der Waals surface area contributed by atoms with Crippen molar-refractivity contribution in [3.63, 3.8) is 0 Å². The molecule has 0 unspecified atom stereocenters. The van der Waals surface area contributed by atoms with E-state index in [0.717, 1.165) is 53.6 Å². The highest BCUT2D eigenvalue weighted by molar-refractivity contribution is 6.35. The van der Waals surface area contributed by atoms with Crippen LogP contribution in [-0.4, -0.2) is 16.7 Å². The van der Waals surface area contributed by atoms with Gasteiger partial charge in [-0.05, 0) is 49.1 Å². The molecule has 0 atom stereocenters. The molecule has 0 bridgehead atoms. The normalized spacial score (nSPS) is 11.2. The van der Waals surface area contributed by atoms with Crippen LogP contribution in [0.25, 0.3) is 10.9 Å². The van der Waals surface area contributed by atoms with Crippen molar-refractivity contribution in [1.29, 1.82) is 0 Å². The number of aliphatic hydroxyl groups excluding tert-OH is 1. The first-order chi connectivity index (χ1) is 15.3. The Morgan fingerprint density at radius 3 is 2.13 bits per heavy atom. The standard InChI is InChI=1S/C27H34ClNO2/c28-25-18-19-26(31-21-22-13-9-8-10-14-22)27-24(25)17-16-23(29-27)15-11-6-4-2-1-3-5-7-12-20-30/h8-10,13-14,16-19,30H,1-7,11-12,15,20-21H2. The van der Waals surface area contributed by atoms with Crippen LogP contribution in [0.3, 0.4) is 0 Å². The number of nitrogens with zero attached hydrogens (tertiary/aromatic N) is 1. The number of unbranched alkanes of at least 4 members (excludes halogenated alkanes) is 8. The Hall–Kier alpha value is -2.10. The highest BCUT2D eigenvalue weighted by Crippen LogP contribution is 2.31. The smallest absolute Gasteiger partial charge is 0.146 e. The molecular formula is C27H34ClNO2. The van der Waals surface area contributed by atoms with E-state index in [2.05, 4.69) is 24.3 Å². The molecule has 0 saturated carbocycles. The number of pyridine rings is 1. The maximum atomic E-state index is 8.80. The molecule has 4 heteroatoms. The van der Waals surface area contributed by atoms with Crippen LogP contribution < -0.4 is 4.74 Å². The summed E-state index contributed by atoms with van der Waals surface area (Å²) in [4.78, 5) is 4.89. The van der Waals surface area contributed by atoms with Crippen LogP contribution in [0.15, 0.2) is 54.6 Å². The van der Waals surface area contributed by atoms with Gasteiger partial charge in [0.25, 0.3) is 0 Å². The number of hydrogen-bond acceptors (Lipinski definition) is 3. The molecule has 31 heavy (non-hydrogen) atoms. The molecule has 1 aromatic heterocycles. The lowest BCUT2D eigenvalue weighted by Gasteiger charge is -2.11. The fourth-order valence-electron chi connectivity index (χ4n) is 3.84. The molecule has 0 saturated heterocycles. The topological polar surface area (TPSA) is 42.4 Å². The maximum Gasteiger partial charge on any atom is 0.146 e. The van der Waals surface area contributed by atoms with E-state index in [-0.39, 0.29) is 0 Å². The van der Waals surface area contributed by atoms with E-state index in [1.807, 2.05) is 30.3 Å². The molecule has 0 aliphatic heterocycles. The van der Waals surface area contributed by atoms with Crippen LogP contribution >= 0.6 is 11.6 Å². The predicted octanol–water partition coefficient (Wildman–Crippen LogP) is 7.51. The number of aryl methyl sites for hydroxylation is 1. The first kappa shape index (κ1) is 23.6. The van der Waals surface area contributed by atoms with Gasteiger partial charge in [-0.3, -0.25) is 0 Å². The van der Waals surface area contributed by atoms with Gasteiger partial charge in [-0.1, -0.05) is 86.9 Å². The average Bonchev–Trinajstić information content (AvgIpc) is 2.80. The van der Waals surface area contributed by atoms with Gasteiger partial charge in [-0.15, -0.1) is 0 Å². The van der Waals surface area contributed by atoms with Crippen LogP contribution in [0.4, 0.5) is 0 Å². The summed E-state index contributed by atoms with van der Waals surface area (Å²) in [6.45, 7) is 0.846.